The standard InChI is InChI=1S/C24H25N5O2/c1-25-24(31)19-10-11-22(27-26-19)28-14-17-13-18(15-28)21(12-16-6-3-2-4-7-16)29-20(17)8-5-9-23(29)30/h2-11,17-18,21H,12-15H2,1H3,(H,25,31)/t17-,18+,21+/m1/s1. The largest absolute Gasteiger partial charge is 0.354 e. The summed E-state index contributed by atoms with van der Waals surface area (Å²) in [5, 5.41) is 11.0. The highest BCUT2D eigenvalue weighted by Crippen LogP contribution is 2.43. The number of hydrogen-bond acceptors (Lipinski definition) is 5. The highest BCUT2D eigenvalue weighted by Gasteiger charge is 2.40. The molecular formula is C24H25N5O2. The van der Waals surface area contributed by atoms with E-state index in [4.69, 9.17) is 0 Å². The Labute approximate surface area is 180 Å². The van der Waals surface area contributed by atoms with Crippen molar-refractivity contribution in [3.05, 3.63) is 88.0 Å². The second-order valence-electron chi connectivity index (χ2n) is 8.37. The third-order valence-corrected chi connectivity index (χ3v) is 6.52. The van der Waals surface area contributed by atoms with Crippen LogP contribution in [-0.2, 0) is 6.42 Å². The number of nitrogens with one attached hydrogen (secondary N) is 1. The Balaban J connectivity index is 1.49. The second kappa shape index (κ2) is 7.98. The molecule has 1 fully saturated rings. The molecule has 1 amide bonds. The highest BCUT2D eigenvalue weighted by molar-refractivity contribution is 5.91. The average Bonchev–Trinajstić information content (AvgIpc) is 2.82. The van der Waals surface area contributed by atoms with Crippen LogP contribution in [0.25, 0.3) is 0 Å². The molecule has 158 valence electrons. The summed E-state index contributed by atoms with van der Waals surface area (Å²) in [5.74, 6) is 1.12. The summed E-state index contributed by atoms with van der Waals surface area (Å²) in [6, 6.07) is 19.7. The lowest BCUT2D eigenvalue weighted by atomic mass is 9.76. The fraction of sp³-hybridized carbons (Fsp3) is 0.333. The lowest BCUT2D eigenvalue weighted by Crippen LogP contribution is -2.50. The van der Waals surface area contributed by atoms with Gasteiger partial charge in [-0.05, 0) is 42.5 Å². The summed E-state index contributed by atoms with van der Waals surface area (Å²) in [7, 11) is 1.58. The molecule has 1 N–H and O–H groups in total. The van der Waals surface area contributed by atoms with Crippen molar-refractivity contribution in [3.8, 4) is 0 Å². The molecule has 31 heavy (non-hydrogen) atoms. The van der Waals surface area contributed by atoms with Crippen LogP contribution >= 0.6 is 0 Å². The third kappa shape index (κ3) is 3.60. The number of hydrogen-bond donors (Lipinski definition) is 1. The van der Waals surface area contributed by atoms with Crippen molar-refractivity contribution < 1.29 is 4.79 Å². The molecule has 3 atom stereocenters. The number of nitrogens with zero attached hydrogens (tertiary/aromatic N) is 4. The van der Waals surface area contributed by atoms with Crippen molar-refractivity contribution in [2.24, 2.45) is 5.92 Å². The zero-order chi connectivity index (χ0) is 21.4. The predicted molar refractivity (Wildman–Crippen MR) is 118 cm³/mol. The van der Waals surface area contributed by atoms with E-state index >= 15 is 0 Å². The number of carbonyl (C=O) groups excluding carboxylic acids is 1. The van der Waals surface area contributed by atoms with E-state index in [1.54, 1.807) is 19.2 Å². The number of amides is 1. The van der Waals surface area contributed by atoms with E-state index in [1.165, 1.54) is 5.56 Å². The Hall–Kier alpha value is -3.48. The van der Waals surface area contributed by atoms with Crippen LogP contribution in [0, 0.1) is 5.92 Å². The quantitative estimate of drug-likeness (QED) is 0.708. The molecule has 0 spiro atoms. The van der Waals surface area contributed by atoms with Crippen LogP contribution in [0.5, 0.6) is 0 Å². The minimum Gasteiger partial charge on any atom is -0.354 e. The number of anilines is 1. The number of aromatic nitrogens is 3. The lowest BCUT2D eigenvalue weighted by Gasteiger charge is -2.47. The lowest BCUT2D eigenvalue weighted by molar-refractivity contribution is 0.0957. The van der Waals surface area contributed by atoms with Crippen molar-refractivity contribution in [3.63, 3.8) is 0 Å². The van der Waals surface area contributed by atoms with E-state index in [-0.39, 0.29) is 23.4 Å². The Morgan fingerprint density at radius 1 is 1.03 bits per heavy atom. The molecule has 2 aliphatic heterocycles. The Bertz CT molecular complexity index is 1140. The topological polar surface area (TPSA) is 80.1 Å². The summed E-state index contributed by atoms with van der Waals surface area (Å²) in [6.07, 6.45) is 1.88. The average molecular weight is 415 g/mol. The first-order valence-electron chi connectivity index (χ1n) is 10.7. The number of pyridine rings is 1. The minimum absolute atomic E-state index is 0.0799. The molecule has 7 nitrogen and oxygen atoms in total. The van der Waals surface area contributed by atoms with Gasteiger partial charge in [0.25, 0.3) is 11.5 Å². The van der Waals surface area contributed by atoms with Gasteiger partial charge in [-0.3, -0.25) is 9.59 Å². The molecule has 3 aromatic rings. The van der Waals surface area contributed by atoms with Gasteiger partial charge >= 0.3 is 0 Å². The van der Waals surface area contributed by atoms with Crippen LogP contribution in [0.3, 0.4) is 0 Å². The van der Waals surface area contributed by atoms with Crippen LogP contribution < -0.4 is 15.8 Å². The monoisotopic (exact) mass is 415 g/mol. The van der Waals surface area contributed by atoms with Gasteiger partial charge in [0, 0.05) is 43.9 Å². The van der Waals surface area contributed by atoms with Crippen molar-refractivity contribution >= 4 is 11.7 Å². The summed E-state index contributed by atoms with van der Waals surface area (Å²) < 4.78 is 2.03. The Kier molecular flexibility index (Phi) is 5.02. The number of benzene rings is 1. The first-order chi connectivity index (χ1) is 15.1. The zero-order valence-corrected chi connectivity index (χ0v) is 17.4. The Morgan fingerprint density at radius 3 is 2.61 bits per heavy atom. The number of rotatable bonds is 4. The van der Waals surface area contributed by atoms with Crippen molar-refractivity contribution in [1.29, 1.82) is 0 Å². The van der Waals surface area contributed by atoms with Crippen LogP contribution in [0.15, 0.2) is 65.5 Å². The number of carbonyl (C=O) groups is 1. The molecule has 5 rings (SSSR count). The smallest absolute Gasteiger partial charge is 0.271 e. The van der Waals surface area contributed by atoms with Gasteiger partial charge in [-0.15, -0.1) is 10.2 Å². The van der Waals surface area contributed by atoms with Gasteiger partial charge in [0.15, 0.2) is 11.5 Å². The molecule has 0 radical (unpaired) electrons. The number of piperidine rings is 1. The first-order valence-corrected chi connectivity index (χ1v) is 10.7. The van der Waals surface area contributed by atoms with Crippen LogP contribution in [0.4, 0.5) is 5.82 Å². The molecule has 0 saturated carbocycles. The van der Waals surface area contributed by atoms with Gasteiger partial charge in [-0.1, -0.05) is 36.4 Å². The molecule has 2 aromatic heterocycles. The second-order valence-corrected chi connectivity index (χ2v) is 8.37. The van der Waals surface area contributed by atoms with Gasteiger partial charge in [-0.2, -0.15) is 0 Å². The molecule has 0 aliphatic carbocycles. The normalized spacial score (nSPS) is 22.0. The molecule has 7 heteroatoms. The molecular weight excluding hydrogens is 390 g/mol. The molecule has 1 aromatic carbocycles. The van der Waals surface area contributed by atoms with Gasteiger partial charge in [0.1, 0.15) is 0 Å². The van der Waals surface area contributed by atoms with Gasteiger partial charge in [0.2, 0.25) is 0 Å². The highest BCUT2D eigenvalue weighted by atomic mass is 16.1. The summed E-state index contributed by atoms with van der Waals surface area (Å²) in [5.41, 5.74) is 2.72. The van der Waals surface area contributed by atoms with Gasteiger partial charge in [-0.25, -0.2) is 0 Å². The van der Waals surface area contributed by atoms with E-state index in [0.29, 0.717) is 11.6 Å². The van der Waals surface area contributed by atoms with E-state index < -0.39 is 0 Å². The van der Waals surface area contributed by atoms with Crippen molar-refractivity contribution in [2.75, 3.05) is 25.0 Å². The summed E-state index contributed by atoms with van der Waals surface area (Å²) in [4.78, 5) is 26.9. The first kappa shape index (κ1) is 19.5. The fourth-order valence-corrected chi connectivity index (χ4v) is 5.09. The van der Waals surface area contributed by atoms with Crippen LogP contribution in [-0.4, -0.2) is 40.8 Å². The van der Waals surface area contributed by atoms with E-state index in [9.17, 15) is 9.59 Å². The SMILES string of the molecule is CNC(=O)c1ccc(N2C[C@H]3C[C@@H](C2)[C@H](Cc2ccccc2)n2c3cccc2=O)nn1. The maximum atomic E-state index is 12.9. The predicted octanol–water partition coefficient (Wildman–Crippen LogP) is 2.41. The van der Waals surface area contributed by atoms with Crippen molar-refractivity contribution in [1.82, 2.24) is 20.1 Å². The van der Waals surface area contributed by atoms with Gasteiger partial charge < -0.3 is 14.8 Å². The maximum absolute atomic E-state index is 12.9. The maximum Gasteiger partial charge on any atom is 0.271 e. The van der Waals surface area contributed by atoms with Crippen LogP contribution in [0.2, 0.25) is 0 Å². The van der Waals surface area contributed by atoms with Gasteiger partial charge in [0.05, 0.1) is 0 Å². The number of fused-ring (bicyclic) bond motifs is 4. The zero-order valence-electron chi connectivity index (χ0n) is 17.4. The molecule has 1 saturated heterocycles. The van der Waals surface area contributed by atoms with Crippen molar-refractivity contribution in [2.45, 2.75) is 24.8 Å². The minimum atomic E-state index is -0.245. The van der Waals surface area contributed by atoms with E-state index in [2.05, 4.69) is 38.6 Å². The molecule has 2 bridgehead atoms. The molecule has 0 unspecified atom stereocenters. The van der Waals surface area contributed by atoms with E-state index in [0.717, 1.165) is 37.4 Å². The summed E-state index contributed by atoms with van der Waals surface area (Å²) >= 11 is 0. The van der Waals surface area contributed by atoms with E-state index in [1.807, 2.05) is 34.9 Å². The van der Waals surface area contributed by atoms with Crippen LogP contribution in [0.1, 0.15) is 40.1 Å². The fourth-order valence-electron chi connectivity index (χ4n) is 5.09. The molecule has 4 heterocycles. The third-order valence-electron chi connectivity index (χ3n) is 6.52. The molecule has 2 aliphatic rings. The Morgan fingerprint density at radius 2 is 1.87 bits per heavy atom. The summed E-state index contributed by atoms with van der Waals surface area (Å²) in [6.45, 7) is 1.59.